The van der Waals surface area contributed by atoms with Gasteiger partial charge < -0.3 is 0 Å². The van der Waals surface area contributed by atoms with Gasteiger partial charge >= 0.3 is 0 Å². The Balaban J connectivity index is 2.77. The lowest BCUT2D eigenvalue weighted by Crippen LogP contribution is -1.65. The molecule has 0 unspecified atom stereocenters. The molecule has 0 atom stereocenters. The molecular weight excluding hydrogens is 86.1 g/mol. The monoisotopic (exact) mass is 93.1 g/mol. The Labute approximate surface area is 44.0 Å². The van der Waals surface area contributed by atoms with E-state index in [0.29, 0.717) is 6.42 Å². The van der Waals surface area contributed by atoms with Crippen molar-refractivity contribution in [1.82, 2.24) is 0 Å². The first-order valence-corrected chi connectivity index (χ1v) is 2.22. The topological polar surface area (TPSA) is 23.8 Å². The Morgan fingerprint density at radius 1 is 1.43 bits per heavy atom. The molecule has 0 spiro atoms. The number of hydrogen-bond acceptors (Lipinski definition) is 1. The molecule has 0 aliphatic rings. The van der Waals surface area contributed by atoms with E-state index in [1.54, 1.807) is 0 Å². The SMILES string of the molecule is C#CCCCC#N. The summed E-state index contributed by atoms with van der Waals surface area (Å²) < 4.78 is 0. The Bertz CT molecular complexity index is 88.3. The van der Waals surface area contributed by atoms with Crippen molar-refractivity contribution in [3.05, 3.63) is 0 Å². The van der Waals surface area contributed by atoms with Gasteiger partial charge in [-0.05, 0) is 6.42 Å². The average molecular weight is 93.1 g/mol. The van der Waals surface area contributed by atoms with Crippen molar-refractivity contribution in [2.24, 2.45) is 0 Å². The standard InChI is InChI=1S/C6H7N/c1-2-3-4-5-6-7/h1H,3-5H2. The molecule has 0 heterocycles. The van der Waals surface area contributed by atoms with E-state index < -0.39 is 0 Å². The summed E-state index contributed by atoms with van der Waals surface area (Å²) in [6.45, 7) is 0. The van der Waals surface area contributed by atoms with Crippen molar-refractivity contribution in [2.75, 3.05) is 0 Å². The quantitative estimate of drug-likeness (QED) is 0.373. The maximum atomic E-state index is 7.97. The lowest BCUT2D eigenvalue weighted by molar-refractivity contribution is 0.894. The first-order chi connectivity index (χ1) is 3.41. The van der Waals surface area contributed by atoms with Crippen LogP contribution in [-0.2, 0) is 0 Å². The molecule has 36 valence electrons. The van der Waals surface area contributed by atoms with Gasteiger partial charge in [0, 0.05) is 12.8 Å². The van der Waals surface area contributed by atoms with Crippen LogP contribution in [0, 0.1) is 23.7 Å². The molecule has 0 bridgehead atoms. The molecule has 0 amide bonds. The molecular formula is C6H7N. The van der Waals surface area contributed by atoms with E-state index >= 15 is 0 Å². The van der Waals surface area contributed by atoms with Crippen molar-refractivity contribution >= 4 is 0 Å². The van der Waals surface area contributed by atoms with Crippen molar-refractivity contribution < 1.29 is 0 Å². The molecule has 0 aliphatic carbocycles. The normalized spacial score (nSPS) is 6.57. The summed E-state index contributed by atoms with van der Waals surface area (Å²) in [4.78, 5) is 0. The van der Waals surface area contributed by atoms with Crippen LogP contribution in [0.3, 0.4) is 0 Å². The van der Waals surface area contributed by atoms with Crippen LogP contribution in [0.1, 0.15) is 19.3 Å². The van der Waals surface area contributed by atoms with Crippen LogP contribution in [0.4, 0.5) is 0 Å². The summed E-state index contributed by atoms with van der Waals surface area (Å²) in [5.74, 6) is 2.45. The smallest absolute Gasteiger partial charge is 0.0622 e. The second kappa shape index (κ2) is 5.05. The average Bonchev–Trinajstić information content (AvgIpc) is 1.69. The fraction of sp³-hybridized carbons (Fsp3) is 0.500. The Morgan fingerprint density at radius 2 is 2.14 bits per heavy atom. The molecule has 0 saturated heterocycles. The van der Waals surface area contributed by atoms with Gasteiger partial charge in [0.2, 0.25) is 0 Å². The minimum Gasteiger partial charge on any atom is -0.198 e. The van der Waals surface area contributed by atoms with Crippen molar-refractivity contribution in [3.8, 4) is 18.4 Å². The first kappa shape index (κ1) is 6.05. The van der Waals surface area contributed by atoms with E-state index in [0.717, 1.165) is 12.8 Å². The third kappa shape index (κ3) is 5.05. The fourth-order valence-corrected chi connectivity index (χ4v) is 0.270. The second-order valence-corrected chi connectivity index (χ2v) is 1.22. The number of unbranched alkanes of at least 4 members (excludes halogenated alkanes) is 2. The highest BCUT2D eigenvalue weighted by Crippen LogP contribution is 1.88. The van der Waals surface area contributed by atoms with E-state index in [-0.39, 0.29) is 0 Å². The first-order valence-electron chi connectivity index (χ1n) is 2.22. The Hall–Kier alpha value is -0.950. The summed E-state index contributed by atoms with van der Waals surface area (Å²) in [5, 5.41) is 7.97. The van der Waals surface area contributed by atoms with Crippen LogP contribution in [0.2, 0.25) is 0 Å². The minimum atomic E-state index is 0.588. The predicted molar refractivity (Wildman–Crippen MR) is 28.3 cm³/mol. The molecule has 1 nitrogen and oxygen atoms in total. The van der Waals surface area contributed by atoms with Crippen LogP contribution in [0.25, 0.3) is 0 Å². The zero-order chi connectivity index (χ0) is 5.54. The molecule has 0 radical (unpaired) electrons. The summed E-state index contributed by atoms with van der Waals surface area (Å²) in [7, 11) is 0. The number of nitriles is 1. The third-order valence-electron chi connectivity index (χ3n) is 0.610. The number of hydrogen-bond donors (Lipinski definition) is 0. The number of terminal acetylenes is 1. The molecule has 0 aromatic rings. The van der Waals surface area contributed by atoms with Gasteiger partial charge in [-0.2, -0.15) is 5.26 Å². The van der Waals surface area contributed by atoms with E-state index in [4.69, 9.17) is 11.7 Å². The van der Waals surface area contributed by atoms with Gasteiger partial charge in [0.15, 0.2) is 0 Å². The maximum absolute atomic E-state index is 7.97. The molecule has 1 heteroatoms. The van der Waals surface area contributed by atoms with Crippen LogP contribution in [0.15, 0.2) is 0 Å². The molecule has 0 saturated carbocycles. The Kier molecular flexibility index (Phi) is 4.36. The highest BCUT2D eigenvalue weighted by molar-refractivity contribution is 4.84. The van der Waals surface area contributed by atoms with Crippen LogP contribution < -0.4 is 0 Å². The summed E-state index contributed by atoms with van der Waals surface area (Å²) >= 11 is 0. The molecule has 0 fully saturated rings. The van der Waals surface area contributed by atoms with Crippen LogP contribution >= 0.6 is 0 Å². The summed E-state index contributed by atoms with van der Waals surface area (Å²) in [6, 6.07) is 2.01. The Morgan fingerprint density at radius 3 is 2.57 bits per heavy atom. The van der Waals surface area contributed by atoms with E-state index in [2.05, 4.69) is 5.92 Å². The molecule has 0 rings (SSSR count). The molecule has 0 aromatic heterocycles. The largest absolute Gasteiger partial charge is 0.198 e. The zero-order valence-corrected chi connectivity index (χ0v) is 4.15. The van der Waals surface area contributed by atoms with Gasteiger partial charge in [0.05, 0.1) is 6.07 Å². The number of rotatable bonds is 2. The van der Waals surface area contributed by atoms with Crippen LogP contribution in [-0.4, -0.2) is 0 Å². The van der Waals surface area contributed by atoms with Gasteiger partial charge in [-0.25, -0.2) is 0 Å². The lowest BCUT2D eigenvalue weighted by atomic mass is 10.3. The fourth-order valence-electron chi connectivity index (χ4n) is 0.270. The highest BCUT2D eigenvalue weighted by Gasteiger charge is 1.77. The minimum absolute atomic E-state index is 0.588. The van der Waals surface area contributed by atoms with E-state index in [1.807, 2.05) is 6.07 Å². The molecule has 0 aromatic carbocycles. The predicted octanol–water partition coefficient (Wildman–Crippen LogP) is 1.31. The van der Waals surface area contributed by atoms with Crippen molar-refractivity contribution in [3.63, 3.8) is 0 Å². The third-order valence-corrected chi connectivity index (χ3v) is 0.610. The summed E-state index contributed by atoms with van der Waals surface area (Å²) in [5.41, 5.74) is 0. The van der Waals surface area contributed by atoms with Crippen molar-refractivity contribution in [1.29, 1.82) is 5.26 Å². The molecule has 0 aliphatic heterocycles. The maximum Gasteiger partial charge on any atom is 0.0622 e. The van der Waals surface area contributed by atoms with Crippen LogP contribution in [0.5, 0.6) is 0 Å². The lowest BCUT2D eigenvalue weighted by Gasteiger charge is -1.77. The van der Waals surface area contributed by atoms with Gasteiger partial charge in [0.1, 0.15) is 0 Å². The van der Waals surface area contributed by atoms with Crippen molar-refractivity contribution in [2.45, 2.75) is 19.3 Å². The van der Waals surface area contributed by atoms with Gasteiger partial charge in [-0.3, -0.25) is 0 Å². The van der Waals surface area contributed by atoms with Gasteiger partial charge in [-0.15, -0.1) is 12.3 Å². The van der Waals surface area contributed by atoms with E-state index in [9.17, 15) is 0 Å². The molecule has 7 heavy (non-hydrogen) atoms. The number of nitrogens with zero attached hydrogens (tertiary/aromatic N) is 1. The molecule has 0 N–H and O–H groups in total. The summed E-state index contributed by atoms with van der Waals surface area (Å²) in [6.07, 6.45) is 7.07. The van der Waals surface area contributed by atoms with Gasteiger partial charge in [-0.1, -0.05) is 0 Å². The van der Waals surface area contributed by atoms with Gasteiger partial charge in [0.25, 0.3) is 0 Å². The zero-order valence-electron chi connectivity index (χ0n) is 4.15. The van der Waals surface area contributed by atoms with E-state index in [1.165, 1.54) is 0 Å². The second-order valence-electron chi connectivity index (χ2n) is 1.22. The highest BCUT2D eigenvalue weighted by atomic mass is 14.2.